The van der Waals surface area contributed by atoms with E-state index in [1.54, 1.807) is 12.1 Å². The highest BCUT2D eigenvalue weighted by molar-refractivity contribution is 9.10. The van der Waals surface area contributed by atoms with E-state index in [1.807, 2.05) is 0 Å². The van der Waals surface area contributed by atoms with Crippen molar-refractivity contribution in [3.63, 3.8) is 0 Å². The van der Waals surface area contributed by atoms with Gasteiger partial charge in [0.05, 0.1) is 0 Å². The maximum absolute atomic E-state index is 11.6. The molecular weight excluding hydrogens is 304 g/mol. The van der Waals surface area contributed by atoms with Gasteiger partial charge in [-0.1, -0.05) is 27.5 Å². The summed E-state index contributed by atoms with van der Waals surface area (Å²) >= 11 is 8.87. The molecule has 82 valence electrons. The van der Waals surface area contributed by atoms with Gasteiger partial charge < -0.3 is 0 Å². The van der Waals surface area contributed by atoms with Crippen LogP contribution in [0.1, 0.15) is 10.4 Å². The van der Waals surface area contributed by atoms with Crippen molar-refractivity contribution < 1.29 is 13.2 Å². The molecule has 0 aromatic heterocycles. The second-order valence-corrected chi connectivity index (χ2v) is 6.55. The van der Waals surface area contributed by atoms with Gasteiger partial charge in [-0.2, -0.15) is 0 Å². The molecule has 0 aliphatic rings. The molecule has 0 saturated carbocycles. The van der Waals surface area contributed by atoms with Crippen molar-refractivity contribution in [3.8, 4) is 0 Å². The summed E-state index contributed by atoms with van der Waals surface area (Å²) in [5.41, 5.74) is 0.285. The van der Waals surface area contributed by atoms with Crippen LogP contribution in [0.25, 0.3) is 0 Å². The number of hydrogen-bond acceptors (Lipinski definition) is 3. The number of sulfone groups is 1. The van der Waals surface area contributed by atoms with E-state index in [4.69, 9.17) is 11.6 Å². The maximum Gasteiger partial charge on any atom is 0.179 e. The van der Waals surface area contributed by atoms with Crippen molar-refractivity contribution in [1.29, 1.82) is 0 Å². The Labute approximate surface area is 101 Å². The van der Waals surface area contributed by atoms with Gasteiger partial charge >= 0.3 is 0 Å². The van der Waals surface area contributed by atoms with E-state index in [0.29, 0.717) is 9.50 Å². The zero-order chi connectivity index (χ0) is 11.6. The highest BCUT2D eigenvalue weighted by atomic mass is 79.9. The van der Waals surface area contributed by atoms with Crippen LogP contribution in [-0.2, 0) is 9.84 Å². The van der Waals surface area contributed by atoms with Gasteiger partial charge in [-0.25, -0.2) is 8.42 Å². The fourth-order valence-corrected chi connectivity index (χ4v) is 2.30. The Hall–Kier alpha value is -0.390. The molecule has 0 N–H and O–H groups in total. The lowest BCUT2D eigenvalue weighted by Crippen LogP contribution is -2.15. The lowest BCUT2D eigenvalue weighted by Gasteiger charge is -2.03. The number of carbonyl (C=O) groups is 1. The fourth-order valence-electron chi connectivity index (χ4n) is 1.03. The molecule has 0 aliphatic carbocycles. The van der Waals surface area contributed by atoms with E-state index in [-0.39, 0.29) is 5.56 Å². The quantitative estimate of drug-likeness (QED) is 0.805. The summed E-state index contributed by atoms with van der Waals surface area (Å²) < 4.78 is 22.4. The molecule has 1 rings (SSSR count). The molecule has 0 atom stereocenters. The molecule has 1 aromatic carbocycles. The second-order valence-electron chi connectivity index (χ2n) is 3.12. The van der Waals surface area contributed by atoms with E-state index < -0.39 is 21.4 Å². The molecule has 0 amide bonds. The Balaban J connectivity index is 3.06. The normalized spacial score (nSPS) is 11.4. The van der Waals surface area contributed by atoms with Gasteiger partial charge in [0.15, 0.2) is 15.6 Å². The van der Waals surface area contributed by atoms with Gasteiger partial charge in [-0.05, 0) is 18.2 Å². The monoisotopic (exact) mass is 310 g/mol. The van der Waals surface area contributed by atoms with Gasteiger partial charge in [-0.3, -0.25) is 4.79 Å². The Morgan fingerprint density at radius 2 is 2.07 bits per heavy atom. The Bertz CT molecular complexity index is 496. The lowest BCUT2D eigenvalue weighted by atomic mass is 10.1. The summed E-state index contributed by atoms with van der Waals surface area (Å²) in [4.78, 5) is 11.6. The summed E-state index contributed by atoms with van der Waals surface area (Å²) in [7, 11) is -3.31. The van der Waals surface area contributed by atoms with Gasteiger partial charge in [-0.15, -0.1) is 0 Å². The van der Waals surface area contributed by atoms with Crippen LogP contribution in [0.3, 0.4) is 0 Å². The Kier molecular flexibility index (Phi) is 3.92. The summed E-state index contributed by atoms with van der Waals surface area (Å²) in [6.07, 6.45) is 1.02. The number of carbonyl (C=O) groups excluding carboxylic acids is 1. The van der Waals surface area contributed by atoms with E-state index in [0.717, 1.165) is 6.26 Å². The van der Waals surface area contributed by atoms with Crippen molar-refractivity contribution in [2.45, 2.75) is 0 Å². The van der Waals surface area contributed by atoms with Crippen LogP contribution < -0.4 is 0 Å². The molecule has 1 aromatic rings. The zero-order valence-corrected chi connectivity index (χ0v) is 11.0. The molecule has 0 fully saturated rings. The van der Waals surface area contributed by atoms with Crippen molar-refractivity contribution in [3.05, 3.63) is 33.3 Å². The van der Waals surface area contributed by atoms with E-state index in [9.17, 15) is 13.2 Å². The molecule has 3 nitrogen and oxygen atoms in total. The van der Waals surface area contributed by atoms with Crippen LogP contribution in [0.4, 0.5) is 0 Å². The van der Waals surface area contributed by atoms with Crippen LogP contribution in [0, 0.1) is 0 Å². The second kappa shape index (κ2) is 4.63. The van der Waals surface area contributed by atoms with E-state index >= 15 is 0 Å². The minimum absolute atomic E-state index is 0.285. The molecule has 6 heteroatoms. The number of benzene rings is 1. The van der Waals surface area contributed by atoms with Crippen molar-refractivity contribution >= 4 is 43.2 Å². The summed E-state index contributed by atoms with van der Waals surface area (Å²) in [5, 5.41) is 0.398. The van der Waals surface area contributed by atoms with E-state index in [1.165, 1.54) is 6.07 Å². The molecule has 0 bridgehead atoms. The first-order valence-corrected chi connectivity index (χ1v) is 7.19. The minimum Gasteiger partial charge on any atom is -0.293 e. The highest BCUT2D eigenvalue weighted by Gasteiger charge is 2.16. The van der Waals surface area contributed by atoms with Crippen molar-refractivity contribution in [1.82, 2.24) is 0 Å². The molecule has 15 heavy (non-hydrogen) atoms. The molecule has 0 spiro atoms. The molecule has 0 unspecified atom stereocenters. The number of Topliss-reactive ketones (excluding diaryl/α,β-unsaturated/α-hetero) is 1. The van der Waals surface area contributed by atoms with Gasteiger partial charge in [0, 0.05) is 21.3 Å². The van der Waals surface area contributed by atoms with Gasteiger partial charge in [0.25, 0.3) is 0 Å². The summed E-state index contributed by atoms with van der Waals surface area (Å²) in [6, 6.07) is 4.67. The third-order valence-electron chi connectivity index (χ3n) is 1.62. The number of ketones is 1. The third kappa shape index (κ3) is 3.93. The molecule has 0 radical (unpaired) electrons. The minimum atomic E-state index is -3.31. The fraction of sp³-hybridized carbons (Fsp3) is 0.222. The first kappa shape index (κ1) is 12.7. The largest absolute Gasteiger partial charge is 0.293 e. The summed E-state index contributed by atoms with van der Waals surface area (Å²) in [6.45, 7) is 0. The Morgan fingerprint density at radius 1 is 1.47 bits per heavy atom. The van der Waals surface area contributed by atoms with Crippen LogP contribution >= 0.6 is 27.5 Å². The van der Waals surface area contributed by atoms with Crippen LogP contribution in [-0.4, -0.2) is 26.2 Å². The third-order valence-corrected chi connectivity index (χ3v) is 3.34. The predicted molar refractivity (Wildman–Crippen MR) is 63.2 cm³/mol. The molecule has 0 heterocycles. The number of hydrogen-bond donors (Lipinski definition) is 0. The SMILES string of the molecule is CS(=O)(=O)CC(=O)c1cc(Cl)ccc1Br. The van der Waals surface area contributed by atoms with Gasteiger partial charge in [0.1, 0.15) is 5.75 Å². The van der Waals surface area contributed by atoms with Crippen molar-refractivity contribution in [2.24, 2.45) is 0 Å². The van der Waals surface area contributed by atoms with Gasteiger partial charge in [0.2, 0.25) is 0 Å². The maximum atomic E-state index is 11.6. The lowest BCUT2D eigenvalue weighted by molar-refractivity contribution is 0.102. The average Bonchev–Trinajstić information content (AvgIpc) is 2.06. The first-order chi connectivity index (χ1) is 6.79. The van der Waals surface area contributed by atoms with Crippen molar-refractivity contribution in [2.75, 3.05) is 12.0 Å². The predicted octanol–water partition coefficient (Wildman–Crippen LogP) is 2.33. The molecular formula is C9H8BrClO3S. The van der Waals surface area contributed by atoms with E-state index in [2.05, 4.69) is 15.9 Å². The zero-order valence-electron chi connectivity index (χ0n) is 7.83. The van der Waals surface area contributed by atoms with Crippen LogP contribution in [0.2, 0.25) is 5.02 Å². The number of rotatable bonds is 3. The standard InChI is InChI=1S/C9H8BrClO3S/c1-15(13,14)5-9(12)7-4-6(11)2-3-8(7)10/h2-4H,5H2,1H3. The van der Waals surface area contributed by atoms with Crippen LogP contribution in [0.5, 0.6) is 0 Å². The molecule has 0 saturated heterocycles. The summed E-state index contributed by atoms with van der Waals surface area (Å²) in [5.74, 6) is -0.974. The molecule has 0 aliphatic heterocycles. The van der Waals surface area contributed by atoms with Crippen LogP contribution in [0.15, 0.2) is 22.7 Å². The average molecular weight is 312 g/mol. The first-order valence-electron chi connectivity index (χ1n) is 3.95. The Morgan fingerprint density at radius 3 is 2.60 bits per heavy atom. The smallest absolute Gasteiger partial charge is 0.179 e. The highest BCUT2D eigenvalue weighted by Crippen LogP contribution is 2.21. The number of halogens is 2. The topological polar surface area (TPSA) is 51.2 Å².